The fraction of sp³-hybridized carbons (Fsp3) is 0.429. The van der Waals surface area contributed by atoms with Gasteiger partial charge in [0.05, 0.1) is 11.5 Å². The van der Waals surface area contributed by atoms with Crippen LogP contribution in [0.5, 0.6) is 0 Å². The minimum atomic E-state index is -3.01. The van der Waals surface area contributed by atoms with Gasteiger partial charge in [0.1, 0.15) is 6.54 Å². The third-order valence-electron chi connectivity index (χ3n) is 3.65. The number of aryl methyl sites for hydroxylation is 1. The zero-order valence-corrected chi connectivity index (χ0v) is 13.5. The first-order valence-corrected chi connectivity index (χ1v) is 9.08. The van der Waals surface area contributed by atoms with Crippen molar-refractivity contribution in [3.05, 3.63) is 29.8 Å². The fourth-order valence-electron chi connectivity index (χ4n) is 2.44. The predicted octanol–water partition coefficient (Wildman–Crippen LogP) is -0.0482. The van der Waals surface area contributed by atoms with Crippen LogP contribution in [-0.4, -0.2) is 52.1 Å². The maximum Gasteiger partial charge on any atom is 0.243 e. The van der Waals surface area contributed by atoms with Gasteiger partial charge in [0.15, 0.2) is 9.84 Å². The Morgan fingerprint density at radius 1 is 1.35 bits per heavy atom. The van der Waals surface area contributed by atoms with Crippen LogP contribution >= 0.6 is 0 Å². The van der Waals surface area contributed by atoms with Crippen LogP contribution in [0.25, 0.3) is 11.4 Å². The standard InChI is InChI=1S/C14H17N5O3S/c1-10-2-4-11(5-3-10)14-16-18-19(17-14)8-13(20)15-12-6-7-23(21,22)9-12/h2-5,12H,6-9H2,1H3,(H,15,20)/t12-/m0/s1. The number of aromatic nitrogens is 4. The molecule has 2 heterocycles. The molecule has 0 saturated carbocycles. The zero-order chi connectivity index (χ0) is 16.4. The number of tetrazole rings is 1. The molecule has 0 unspecified atom stereocenters. The van der Waals surface area contributed by atoms with Crippen LogP contribution in [0.4, 0.5) is 0 Å². The van der Waals surface area contributed by atoms with Gasteiger partial charge in [-0.3, -0.25) is 4.79 Å². The number of carbonyl (C=O) groups is 1. The number of benzene rings is 1. The van der Waals surface area contributed by atoms with E-state index in [1.807, 2.05) is 31.2 Å². The van der Waals surface area contributed by atoms with E-state index in [0.717, 1.165) is 11.1 Å². The molecule has 1 saturated heterocycles. The van der Waals surface area contributed by atoms with E-state index in [1.165, 1.54) is 4.80 Å². The van der Waals surface area contributed by atoms with E-state index in [-0.39, 0.29) is 30.0 Å². The molecule has 122 valence electrons. The molecule has 0 radical (unpaired) electrons. The average Bonchev–Trinajstić information content (AvgIpc) is 3.06. The van der Waals surface area contributed by atoms with Gasteiger partial charge < -0.3 is 5.32 Å². The molecule has 1 atom stereocenters. The van der Waals surface area contributed by atoms with Crippen molar-refractivity contribution in [1.82, 2.24) is 25.5 Å². The van der Waals surface area contributed by atoms with E-state index in [9.17, 15) is 13.2 Å². The van der Waals surface area contributed by atoms with Crippen molar-refractivity contribution < 1.29 is 13.2 Å². The maximum atomic E-state index is 11.9. The molecule has 0 spiro atoms. The number of hydrogen-bond acceptors (Lipinski definition) is 6. The summed E-state index contributed by atoms with van der Waals surface area (Å²) in [6.07, 6.45) is 0.452. The van der Waals surface area contributed by atoms with E-state index in [0.29, 0.717) is 12.2 Å². The molecule has 1 amide bonds. The minimum Gasteiger partial charge on any atom is -0.351 e. The van der Waals surface area contributed by atoms with Crippen LogP contribution in [0.2, 0.25) is 0 Å². The maximum absolute atomic E-state index is 11.9. The van der Waals surface area contributed by atoms with E-state index in [1.54, 1.807) is 0 Å². The van der Waals surface area contributed by atoms with E-state index < -0.39 is 9.84 Å². The predicted molar refractivity (Wildman–Crippen MR) is 83.2 cm³/mol. The van der Waals surface area contributed by atoms with Crippen LogP contribution < -0.4 is 5.32 Å². The smallest absolute Gasteiger partial charge is 0.243 e. The van der Waals surface area contributed by atoms with Gasteiger partial charge in [-0.15, -0.1) is 10.2 Å². The van der Waals surface area contributed by atoms with Gasteiger partial charge in [0, 0.05) is 11.6 Å². The second-order valence-corrected chi connectivity index (χ2v) is 7.91. The molecule has 9 heteroatoms. The first-order chi connectivity index (χ1) is 10.9. The Morgan fingerprint density at radius 3 is 2.74 bits per heavy atom. The number of hydrogen-bond donors (Lipinski definition) is 1. The quantitative estimate of drug-likeness (QED) is 0.839. The molecule has 3 rings (SSSR count). The first-order valence-electron chi connectivity index (χ1n) is 7.26. The van der Waals surface area contributed by atoms with E-state index >= 15 is 0 Å². The molecule has 1 aliphatic heterocycles. The van der Waals surface area contributed by atoms with Crippen LogP contribution in [0.3, 0.4) is 0 Å². The van der Waals surface area contributed by atoms with Crippen LogP contribution in [-0.2, 0) is 21.2 Å². The highest BCUT2D eigenvalue weighted by Crippen LogP contribution is 2.14. The Morgan fingerprint density at radius 2 is 2.09 bits per heavy atom. The lowest BCUT2D eigenvalue weighted by molar-refractivity contribution is -0.122. The molecule has 1 fully saturated rings. The molecule has 1 N–H and O–H groups in total. The van der Waals surface area contributed by atoms with E-state index in [4.69, 9.17) is 0 Å². The lowest BCUT2D eigenvalue weighted by Crippen LogP contribution is -2.38. The summed E-state index contributed by atoms with van der Waals surface area (Å²) in [6.45, 7) is 1.90. The van der Waals surface area contributed by atoms with Crippen molar-refractivity contribution in [2.24, 2.45) is 0 Å². The van der Waals surface area contributed by atoms with Crippen molar-refractivity contribution in [3.63, 3.8) is 0 Å². The summed E-state index contributed by atoms with van der Waals surface area (Å²) < 4.78 is 22.7. The molecule has 1 aromatic heterocycles. The molecule has 1 aromatic carbocycles. The van der Waals surface area contributed by atoms with Crippen molar-refractivity contribution in [2.75, 3.05) is 11.5 Å². The number of sulfone groups is 1. The van der Waals surface area contributed by atoms with Crippen molar-refractivity contribution >= 4 is 15.7 Å². The largest absolute Gasteiger partial charge is 0.351 e. The molecule has 2 aromatic rings. The summed E-state index contributed by atoms with van der Waals surface area (Å²) in [5.41, 5.74) is 1.95. The second kappa shape index (κ2) is 6.07. The topological polar surface area (TPSA) is 107 Å². The molecule has 0 bridgehead atoms. The Labute approximate surface area is 133 Å². The number of carbonyl (C=O) groups excluding carboxylic acids is 1. The van der Waals surface area contributed by atoms with Gasteiger partial charge in [0.25, 0.3) is 0 Å². The average molecular weight is 335 g/mol. The number of amides is 1. The van der Waals surface area contributed by atoms with Crippen LogP contribution in [0.1, 0.15) is 12.0 Å². The monoisotopic (exact) mass is 335 g/mol. The van der Waals surface area contributed by atoms with Gasteiger partial charge in [-0.05, 0) is 18.6 Å². The molecule has 8 nitrogen and oxygen atoms in total. The molecule has 0 aliphatic carbocycles. The molecule has 1 aliphatic rings. The summed E-state index contributed by atoms with van der Waals surface area (Å²) in [6, 6.07) is 7.35. The zero-order valence-electron chi connectivity index (χ0n) is 12.6. The van der Waals surface area contributed by atoms with Crippen molar-refractivity contribution in [1.29, 1.82) is 0 Å². The third kappa shape index (κ3) is 3.92. The van der Waals surface area contributed by atoms with Gasteiger partial charge in [-0.1, -0.05) is 29.8 Å². The highest BCUT2D eigenvalue weighted by atomic mass is 32.2. The van der Waals surface area contributed by atoms with Crippen LogP contribution in [0.15, 0.2) is 24.3 Å². The Hall–Kier alpha value is -2.29. The fourth-order valence-corrected chi connectivity index (χ4v) is 4.11. The van der Waals surface area contributed by atoms with Gasteiger partial charge in [-0.2, -0.15) is 4.80 Å². The number of nitrogens with one attached hydrogen (secondary N) is 1. The summed E-state index contributed by atoms with van der Waals surface area (Å²) >= 11 is 0. The molecule has 23 heavy (non-hydrogen) atoms. The lowest BCUT2D eigenvalue weighted by atomic mass is 10.1. The summed E-state index contributed by atoms with van der Waals surface area (Å²) in [5.74, 6) is 0.246. The highest BCUT2D eigenvalue weighted by molar-refractivity contribution is 7.91. The van der Waals surface area contributed by atoms with Gasteiger partial charge >= 0.3 is 0 Å². The lowest BCUT2D eigenvalue weighted by Gasteiger charge is -2.09. The molecular weight excluding hydrogens is 318 g/mol. The SMILES string of the molecule is Cc1ccc(-c2nnn(CC(=O)N[C@H]3CCS(=O)(=O)C3)n2)cc1. The Balaban J connectivity index is 1.60. The van der Waals surface area contributed by atoms with E-state index in [2.05, 4.69) is 20.7 Å². The highest BCUT2D eigenvalue weighted by Gasteiger charge is 2.29. The summed E-state index contributed by atoms with van der Waals surface area (Å²) in [7, 11) is -3.01. The Bertz CT molecular complexity index is 813. The van der Waals surface area contributed by atoms with Gasteiger partial charge in [0.2, 0.25) is 11.7 Å². The van der Waals surface area contributed by atoms with Crippen molar-refractivity contribution in [2.45, 2.75) is 25.9 Å². The third-order valence-corrected chi connectivity index (χ3v) is 5.41. The number of nitrogens with zero attached hydrogens (tertiary/aromatic N) is 4. The van der Waals surface area contributed by atoms with Crippen LogP contribution in [0, 0.1) is 6.92 Å². The van der Waals surface area contributed by atoms with Crippen molar-refractivity contribution in [3.8, 4) is 11.4 Å². The first kappa shape index (κ1) is 15.6. The summed E-state index contributed by atoms with van der Waals surface area (Å²) in [5, 5.41) is 14.6. The minimum absolute atomic E-state index is 0.00184. The normalized spacial score (nSPS) is 19.6. The number of rotatable bonds is 4. The molecular formula is C14H17N5O3S. The Kier molecular flexibility index (Phi) is 4.12. The summed E-state index contributed by atoms with van der Waals surface area (Å²) in [4.78, 5) is 13.1. The second-order valence-electron chi connectivity index (χ2n) is 5.68. The van der Waals surface area contributed by atoms with Gasteiger partial charge in [-0.25, -0.2) is 8.42 Å².